The van der Waals surface area contributed by atoms with Crippen LogP contribution in [0.3, 0.4) is 0 Å². The molecule has 0 N–H and O–H groups in total. The van der Waals surface area contributed by atoms with Gasteiger partial charge in [-0.15, -0.1) is 0 Å². The molecule has 1 heterocycles. The number of nitrogens with zero attached hydrogens (tertiary/aromatic N) is 1. The summed E-state index contributed by atoms with van der Waals surface area (Å²) < 4.78 is 12.6. The summed E-state index contributed by atoms with van der Waals surface area (Å²) in [6.45, 7) is 5.49. The van der Waals surface area contributed by atoms with Crippen LogP contribution in [0.5, 0.6) is 0 Å². The molecule has 0 aliphatic carbocycles. The third-order valence-corrected chi connectivity index (χ3v) is 1.64. The van der Waals surface area contributed by atoms with E-state index in [4.69, 9.17) is 0 Å². The molecule has 2 heteroatoms. The first-order valence-corrected chi connectivity index (χ1v) is 4.16. The van der Waals surface area contributed by atoms with Crippen molar-refractivity contribution in [3.05, 3.63) is 29.1 Å². The van der Waals surface area contributed by atoms with Crippen LogP contribution in [0.15, 0.2) is 12.1 Å². The molecule has 0 fully saturated rings. The Morgan fingerprint density at radius 1 is 1.42 bits per heavy atom. The number of aryl methyl sites for hydroxylation is 2. The minimum absolute atomic E-state index is 0.419. The van der Waals surface area contributed by atoms with Crippen LogP contribution in [0, 0.1) is 13.8 Å². The van der Waals surface area contributed by atoms with E-state index in [1.807, 2.05) is 26.0 Å². The molecule has 0 bridgehead atoms. The second kappa shape index (κ2) is 3.65. The molecule has 0 aliphatic rings. The Morgan fingerprint density at radius 3 is 2.58 bits per heavy atom. The first-order chi connectivity index (χ1) is 5.58. The molecule has 1 nitrogen and oxygen atoms in total. The minimum Gasteiger partial charge on any atom is -0.258 e. The van der Waals surface area contributed by atoms with Crippen molar-refractivity contribution in [3.8, 4) is 0 Å². The molecular weight excluding hydrogens is 152 g/mol. The van der Waals surface area contributed by atoms with Gasteiger partial charge in [0.25, 0.3) is 0 Å². The van der Waals surface area contributed by atoms with Crippen molar-refractivity contribution in [2.75, 3.05) is 0 Å². The Bertz CT molecular complexity index is 248. The van der Waals surface area contributed by atoms with Crippen molar-refractivity contribution >= 4 is 0 Å². The molecular formula is C10H14FN. The van der Waals surface area contributed by atoms with Crippen LogP contribution in [0.4, 0.5) is 4.39 Å². The maximum absolute atomic E-state index is 12.6. The van der Waals surface area contributed by atoms with Gasteiger partial charge in [-0.2, -0.15) is 0 Å². The molecule has 0 aromatic carbocycles. The lowest BCUT2D eigenvalue weighted by Crippen LogP contribution is -2.02. The predicted octanol–water partition coefficient (Wildman–Crippen LogP) is 2.60. The highest BCUT2D eigenvalue weighted by molar-refractivity contribution is 5.19. The Kier molecular flexibility index (Phi) is 2.79. The third kappa shape index (κ3) is 2.61. The molecule has 0 amide bonds. The van der Waals surface area contributed by atoms with E-state index >= 15 is 0 Å². The number of halogens is 1. The Morgan fingerprint density at radius 2 is 2.08 bits per heavy atom. The summed E-state index contributed by atoms with van der Waals surface area (Å²) in [7, 11) is 0. The lowest BCUT2D eigenvalue weighted by atomic mass is 10.1. The number of hydrogen-bond donors (Lipinski definition) is 0. The van der Waals surface area contributed by atoms with E-state index in [1.165, 1.54) is 0 Å². The van der Waals surface area contributed by atoms with Gasteiger partial charge >= 0.3 is 0 Å². The Labute approximate surface area is 72.6 Å². The molecule has 0 aliphatic heterocycles. The van der Waals surface area contributed by atoms with Gasteiger partial charge < -0.3 is 0 Å². The second-order valence-corrected chi connectivity index (χ2v) is 3.26. The Hall–Kier alpha value is -0.920. The van der Waals surface area contributed by atoms with Crippen molar-refractivity contribution in [2.45, 2.75) is 33.4 Å². The van der Waals surface area contributed by atoms with E-state index in [0.717, 1.165) is 17.0 Å². The van der Waals surface area contributed by atoms with Crippen molar-refractivity contribution in [2.24, 2.45) is 0 Å². The number of rotatable bonds is 2. The Balaban J connectivity index is 2.85. The van der Waals surface area contributed by atoms with E-state index in [2.05, 4.69) is 4.98 Å². The molecule has 66 valence electrons. The predicted molar refractivity (Wildman–Crippen MR) is 48.0 cm³/mol. The van der Waals surface area contributed by atoms with Crippen LogP contribution in [-0.4, -0.2) is 11.2 Å². The first-order valence-electron chi connectivity index (χ1n) is 4.16. The lowest BCUT2D eigenvalue weighted by Gasteiger charge is -2.04. The largest absolute Gasteiger partial charge is 0.258 e. The van der Waals surface area contributed by atoms with Crippen LogP contribution in [-0.2, 0) is 6.42 Å². The molecule has 1 rings (SSSR count). The SMILES string of the molecule is Cc1cc(C)nc(CC(C)[18F])c1. The lowest BCUT2D eigenvalue weighted by molar-refractivity contribution is 0.357. The van der Waals surface area contributed by atoms with E-state index in [9.17, 15) is 4.39 Å². The molecule has 0 saturated heterocycles. The maximum atomic E-state index is 12.6. The van der Waals surface area contributed by atoms with Crippen LogP contribution in [0.2, 0.25) is 0 Å². The third-order valence-electron chi connectivity index (χ3n) is 1.64. The van der Waals surface area contributed by atoms with E-state index < -0.39 is 6.17 Å². The van der Waals surface area contributed by atoms with Crippen molar-refractivity contribution < 1.29 is 4.39 Å². The van der Waals surface area contributed by atoms with Gasteiger partial charge in [-0.3, -0.25) is 4.98 Å². The van der Waals surface area contributed by atoms with E-state index in [0.29, 0.717) is 6.42 Å². The fraction of sp³-hybridized carbons (Fsp3) is 0.500. The average molecular weight is 166 g/mol. The summed E-state index contributed by atoms with van der Waals surface area (Å²) in [5.41, 5.74) is 2.96. The summed E-state index contributed by atoms with van der Waals surface area (Å²) in [5, 5.41) is 0. The van der Waals surface area contributed by atoms with E-state index in [1.54, 1.807) is 6.92 Å². The highest BCUT2D eigenvalue weighted by Gasteiger charge is 2.02. The van der Waals surface area contributed by atoms with E-state index in [-0.39, 0.29) is 0 Å². The van der Waals surface area contributed by atoms with Gasteiger partial charge in [0.1, 0.15) is 6.17 Å². The fourth-order valence-electron chi connectivity index (χ4n) is 1.32. The van der Waals surface area contributed by atoms with Gasteiger partial charge in [0, 0.05) is 17.8 Å². The summed E-state index contributed by atoms with van der Waals surface area (Å²) in [4.78, 5) is 4.23. The van der Waals surface area contributed by atoms with Crippen LogP contribution >= 0.6 is 0 Å². The average Bonchev–Trinajstić information content (AvgIpc) is 1.81. The molecule has 1 unspecified atom stereocenters. The molecule has 0 radical (unpaired) electrons. The van der Waals surface area contributed by atoms with Crippen LogP contribution < -0.4 is 0 Å². The summed E-state index contributed by atoms with van der Waals surface area (Å²) in [6.07, 6.45) is -0.388. The first kappa shape index (κ1) is 9.17. The van der Waals surface area contributed by atoms with Gasteiger partial charge in [-0.05, 0) is 38.5 Å². The smallest absolute Gasteiger partial charge is 0.103 e. The van der Waals surface area contributed by atoms with Gasteiger partial charge in [-0.25, -0.2) is 4.39 Å². The number of aromatic nitrogens is 1. The minimum atomic E-state index is -0.807. The molecule has 1 aromatic rings. The van der Waals surface area contributed by atoms with Gasteiger partial charge in [-0.1, -0.05) is 0 Å². The molecule has 0 spiro atoms. The van der Waals surface area contributed by atoms with Crippen molar-refractivity contribution in [1.82, 2.24) is 4.98 Å². The van der Waals surface area contributed by atoms with Gasteiger partial charge in [0.15, 0.2) is 0 Å². The standard InChI is InChI=1S/C10H14FN/c1-7-4-9(3)12-10(5-7)6-8(2)11/h4-5,8H,6H2,1-3H3/i11-1. The summed E-state index contributed by atoms with van der Waals surface area (Å²) in [5.74, 6) is 0. The zero-order valence-electron chi connectivity index (χ0n) is 7.76. The molecule has 1 aromatic heterocycles. The van der Waals surface area contributed by atoms with Crippen LogP contribution in [0.1, 0.15) is 23.9 Å². The molecule has 12 heavy (non-hydrogen) atoms. The maximum Gasteiger partial charge on any atom is 0.103 e. The number of alkyl halides is 1. The highest BCUT2D eigenvalue weighted by Crippen LogP contribution is 2.07. The number of hydrogen-bond acceptors (Lipinski definition) is 1. The monoisotopic (exact) mass is 166 g/mol. The molecule has 1 atom stereocenters. The topological polar surface area (TPSA) is 12.9 Å². The zero-order valence-corrected chi connectivity index (χ0v) is 7.76. The zero-order chi connectivity index (χ0) is 9.14. The summed E-state index contributed by atoms with van der Waals surface area (Å²) in [6, 6.07) is 3.93. The summed E-state index contributed by atoms with van der Waals surface area (Å²) >= 11 is 0. The quantitative estimate of drug-likeness (QED) is 0.658. The van der Waals surface area contributed by atoms with Gasteiger partial charge in [0.05, 0.1) is 0 Å². The van der Waals surface area contributed by atoms with Crippen molar-refractivity contribution in [3.63, 3.8) is 0 Å². The van der Waals surface area contributed by atoms with Crippen LogP contribution in [0.25, 0.3) is 0 Å². The molecule has 0 saturated carbocycles. The second-order valence-electron chi connectivity index (χ2n) is 3.26. The van der Waals surface area contributed by atoms with Crippen molar-refractivity contribution in [1.29, 1.82) is 0 Å². The number of pyridine rings is 1. The van der Waals surface area contributed by atoms with Gasteiger partial charge in [0.2, 0.25) is 0 Å². The highest BCUT2D eigenvalue weighted by atomic mass is 18.2. The normalized spacial score (nSPS) is 13.0. The fourth-order valence-corrected chi connectivity index (χ4v) is 1.32.